The van der Waals surface area contributed by atoms with E-state index in [0.29, 0.717) is 42.6 Å². The quantitative estimate of drug-likeness (QED) is 0.770. The third-order valence-corrected chi connectivity index (χ3v) is 4.36. The van der Waals surface area contributed by atoms with Crippen molar-refractivity contribution in [3.63, 3.8) is 0 Å². The molecular formula is C18H22FN3O3. The van der Waals surface area contributed by atoms with Crippen molar-refractivity contribution in [1.82, 2.24) is 15.0 Å². The first-order valence-electron chi connectivity index (χ1n) is 8.59. The Bertz CT molecular complexity index is 696. The summed E-state index contributed by atoms with van der Waals surface area (Å²) in [5.74, 6) is 1.00. The van der Waals surface area contributed by atoms with E-state index >= 15 is 0 Å². The van der Waals surface area contributed by atoms with Crippen LogP contribution in [0.1, 0.15) is 25.7 Å². The summed E-state index contributed by atoms with van der Waals surface area (Å²) in [5, 5.41) is 3.89. The first-order chi connectivity index (χ1) is 12.2. The zero-order valence-corrected chi connectivity index (χ0v) is 14.3. The number of amides is 1. The fourth-order valence-electron chi connectivity index (χ4n) is 2.89. The van der Waals surface area contributed by atoms with Crippen molar-refractivity contribution in [2.45, 2.75) is 26.2 Å². The van der Waals surface area contributed by atoms with Gasteiger partial charge < -0.3 is 14.2 Å². The predicted molar refractivity (Wildman–Crippen MR) is 89.2 cm³/mol. The van der Waals surface area contributed by atoms with Crippen molar-refractivity contribution in [3.8, 4) is 11.4 Å². The standard InChI is InChI=1S/C18H22FN3O3/c1-2-22(11-13-9-10-24-12-13)17(23)8-7-16-20-18(21-25-16)14-3-5-15(19)6-4-14/h3-6,13H,2,7-12H2,1H3. The highest BCUT2D eigenvalue weighted by atomic mass is 19.1. The van der Waals surface area contributed by atoms with Crippen molar-refractivity contribution in [3.05, 3.63) is 36.0 Å². The van der Waals surface area contributed by atoms with Gasteiger partial charge in [-0.05, 0) is 37.6 Å². The molecule has 1 aromatic carbocycles. The number of hydrogen-bond donors (Lipinski definition) is 0. The zero-order chi connectivity index (χ0) is 17.6. The van der Waals surface area contributed by atoms with E-state index in [9.17, 15) is 9.18 Å². The number of aryl methyl sites for hydroxylation is 1. The summed E-state index contributed by atoms with van der Waals surface area (Å²) in [7, 11) is 0. The summed E-state index contributed by atoms with van der Waals surface area (Å²) in [4.78, 5) is 18.5. The van der Waals surface area contributed by atoms with Gasteiger partial charge in [0.2, 0.25) is 17.6 Å². The minimum Gasteiger partial charge on any atom is -0.381 e. The topological polar surface area (TPSA) is 68.5 Å². The number of halogens is 1. The van der Waals surface area contributed by atoms with Crippen LogP contribution in [-0.2, 0) is 16.0 Å². The highest BCUT2D eigenvalue weighted by Crippen LogP contribution is 2.18. The van der Waals surface area contributed by atoms with E-state index < -0.39 is 0 Å². The minimum absolute atomic E-state index is 0.0796. The summed E-state index contributed by atoms with van der Waals surface area (Å²) < 4.78 is 23.5. The molecule has 1 amide bonds. The maximum Gasteiger partial charge on any atom is 0.227 e. The van der Waals surface area contributed by atoms with Gasteiger partial charge >= 0.3 is 0 Å². The van der Waals surface area contributed by atoms with Gasteiger partial charge in [-0.1, -0.05) is 5.16 Å². The molecule has 25 heavy (non-hydrogen) atoms. The fraction of sp³-hybridized carbons (Fsp3) is 0.500. The summed E-state index contributed by atoms with van der Waals surface area (Å²) in [6.07, 6.45) is 1.73. The lowest BCUT2D eigenvalue weighted by molar-refractivity contribution is -0.131. The second-order valence-electron chi connectivity index (χ2n) is 6.18. The maximum atomic E-state index is 13.0. The van der Waals surface area contributed by atoms with Crippen molar-refractivity contribution in [1.29, 1.82) is 0 Å². The van der Waals surface area contributed by atoms with Gasteiger partial charge in [-0.25, -0.2) is 4.39 Å². The number of benzene rings is 1. The van der Waals surface area contributed by atoms with Crippen LogP contribution in [0.25, 0.3) is 11.4 Å². The van der Waals surface area contributed by atoms with Crippen LogP contribution in [0.3, 0.4) is 0 Å². The van der Waals surface area contributed by atoms with Gasteiger partial charge in [-0.15, -0.1) is 0 Å². The molecule has 6 nitrogen and oxygen atoms in total. The number of rotatable bonds is 7. The van der Waals surface area contributed by atoms with Crippen LogP contribution >= 0.6 is 0 Å². The Morgan fingerprint density at radius 2 is 2.16 bits per heavy atom. The van der Waals surface area contributed by atoms with Gasteiger partial charge in [0.25, 0.3) is 0 Å². The van der Waals surface area contributed by atoms with E-state index in [1.54, 1.807) is 12.1 Å². The monoisotopic (exact) mass is 347 g/mol. The lowest BCUT2D eigenvalue weighted by Gasteiger charge is -2.23. The highest BCUT2D eigenvalue weighted by Gasteiger charge is 2.22. The van der Waals surface area contributed by atoms with E-state index in [1.165, 1.54) is 12.1 Å². The molecule has 7 heteroatoms. The van der Waals surface area contributed by atoms with Gasteiger partial charge in [0, 0.05) is 44.0 Å². The van der Waals surface area contributed by atoms with Crippen LogP contribution < -0.4 is 0 Å². The number of hydrogen-bond acceptors (Lipinski definition) is 5. The molecule has 1 fully saturated rings. The molecule has 1 aromatic heterocycles. The molecule has 0 saturated carbocycles. The molecule has 2 aromatic rings. The highest BCUT2D eigenvalue weighted by molar-refractivity contribution is 5.76. The van der Waals surface area contributed by atoms with Crippen LogP contribution in [-0.4, -0.2) is 47.3 Å². The summed E-state index contributed by atoms with van der Waals surface area (Å²) >= 11 is 0. The van der Waals surface area contributed by atoms with Gasteiger partial charge in [0.15, 0.2) is 0 Å². The van der Waals surface area contributed by atoms with Crippen molar-refractivity contribution >= 4 is 5.91 Å². The van der Waals surface area contributed by atoms with E-state index in [0.717, 1.165) is 26.2 Å². The van der Waals surface area contributed by atoms with Crippen molar-refractivity contribution in [2.24, 2.45) is 5.92 Å². The van der Waals surface area contributed by atoms with Gasteiger partial charge in [-0.2, -0.15) is 4.98 Å². The van der Waals surface area contributed by atoms with E-state index in [2.05, 4.69) is 10.1 Å². The first-order valence-corrected chi connectivity index (χ1v) is 8.59. The van der Waals surface area contributed by atoms with Gasteiger partial charge in [0.05, 0.1) is 6.61 Å². The van der Waals surface area contributed by atoms with Crippen LogP contribution in [0.15, 0.2) is 28.8 Å². The number of nitrogens with zero attached hydrogens (tertiary/aromatic N) is 3. The van der Waals surface area contributed by atoms with Crippen molar-refractivity contribution < 1.29 is 18.4 Å². The molecular weight excluding hydrogens is 325 g/mol. The lowest BCUT2D eigenvalue weighted by Crippen LogP contribution is -2.35. The second kappa shape index (κ2) is 8.20. The van der Waals surface area contributed by atoms with E-state index in [-0.39, 0.29) is 11.7 Å². The lowest BCUT2D eigenvalue weighted by atomic mass is 10.1. The molecule has 134 valence electrons. The number of carbonyl (C=O) groups excluding carboxylic acids is 1. The molecule has 3 rings (SSSR count). The van der Waals surface area contributed by atoms with Crippen LogP contribution in [0.5, 0.6) is 0 Å². The molecule has 1 aliphatic rings. The number of ether oxygens (including phenoxy) is 1. The summed E-state index contributed by atoms with van der Waals surface area (Å²) in [6, 6.07) is 5.89. The summed E-state index contributed by atoms with van der Waals surface area (Å²) in [6.45, 7) is 4.91. The Kier molecular flexibility index (Phi) is 5.75. The molecule has 2 heterocycles. The van der Waals surface area contributed by atoms with Crippen molar-refractivity contribution in [2.75, 3.05) is 26.3 Å². The Hall–Kier alpha value is -2.28. The molecule has 0 bridgehead atoms. The van der Waals surface area contributed by atoms with Crippen LogP contribution in [0, 0.1) is 11.7 Å². The third-order valence-electron chi connectivity index (χ3n) is 4.36. The maximum absolute atomic E-state index is 13.0. The van der Waals surface area contributed by atoms with E-state index in [1.807, 2.05) is 11.8 Å². The molecule has 1 aliphatic heterocycles. The molecule has 0 aliphatic carbocycles. The Balaban J connectivity index is 1.53. The smallest absolute Gasteiger partial charge is 0.227 e. The predicted octanol–water partition coefficient (Wildman–Crippen LogP) is 2.69. The fourth-order valence-corrected chi connectivity index (χ4v) is 2.89. The van der Waals surface area contributed by atoms with Gasteiger partial charge in [-0.3, -0.25) is 4.79 Å². The molecule has 1 atom stereocenters. The molecule has 0 radical (unpaired) electrons. The first kappa shape index (κ1) is 17.5. The Labute approximate surface area is 146 Å². The molecule has 0 spiro atoms. The molecule has 1 saturated heterocycles. The third kappa shape index (κ3) is 4.63. The number of aromatic nitrogens is 2. The Morgan fingerprint density at radius 1 is 1.36 bits per heavy atom. The molecule has 1 unspecified atom stereocenters. The average molecular weight is 347 g/mol. The second-order valence-corrected chi connectivity index (χ2v) is 6.18. The minimum atomic E-state index is -0.314. The average Bonchev–Trinajstić information content (AvgIpc) is 3.30. The zero-order valence-electron chi connectivity index (χ0n) is 14.3. The largest absolute Gasteiger partial charge is 0.381 e. The van der Waals surface area contributed by atoms with Crippen LogP contribution in [0.4, 0.5) is 4.39 Å². The molecule has 0 N–H and O–H groups in total. The van der Waals surface area contributed by atoms with E-state index in [4.69, 9.17) is 9.26 Å². The normalized spacial score (nSPS) is 17.0. The van der Waals surface area contributed by atoms with Gasteiger partial charge in [0.1, 0.15) is 5.82 Å². The number of carbonyl (C=O) groups is 1. The Morgan fingerprint density at radius 3 is 2.84 bits per heavy atom. The SMILES string of the molecule is CCN(CC1CCOC1)C(=O)CCc1nc(-c2ccc(F)cc2)no1. The summed E-state index contributed by atoms with van der Waals surface area (Å²) in [5.41, 5.74) is 0.680. The van der Waals surface area contributed by atoms with Crippen LogP contribution in [0.2, 0.25) is 0 Å².